The van der Waals surface area contributed by atoms with Gasteiger partial charge in [-0.15, -0.1) is 12.4 Å². The van der Waals surface area contributed by atoms with E-state index in [-0.39, 0.29) is 18.4 Å². The third kappa shape index (κ3) is 3.67. The second-order valence-electron chi connectivity index (χ2n) is 4.96. The van der Waals surface area contributed by atoms with E-state index in [2.05, 4.69) is 0 Å². The Bertz CT molecular complexity index is 487. The normalized spacial score (nSPS) is 20.7. The van der Waals surface area contributed by atoms with Crippen molar-refractivity contribution in [3.63, 3.8) is 0 Å². The van der Waals surface area contributed by atoms with Crippen LogP contribution < -0.4 is 10.5 Å². The van der Waals surface area contributed by atoms with Crippen molar-refractivity contribution in [2.75, 3.05) is 20.8 Å². The summed E-state index contributed by atoms with van der Waals surface area (Å²) >= 11 is 0. The molecule has 118 valence electrons. The Balaban J connectivity index is 0.00000220. The first-order valence-electron chi connectivity index (χ1n) is 6.73. The lowest BCUT2D eigenvalue weighted by atomic mass is 9.91. The number of carbonyl (C=O) groups excluding carboxylic acids is 1. The van der Waals surface area contributed by atoms with E-state index in [4.69, 9.17) is 19.9 Å². The molecule has 1 aliphatic heterocycles. The number of rotatable bonds is 5. The summed E-state index contributed by atoms with van der Waals surface area (Å²) in [6, 6.07) is 5.77. The molecule has 0 aromatic heterocycles. The molecule has 1 aromatic carbocycles. The van der Waals surface area contributed by atoms with Crippen molar-refractivity contribution < 1.29 is 19.0 Å². The molecule has 1 fully saturated rings. The Morgan fingerprint density at radius 1 is 1.43 bits per heavy atom. The zero-order chi connectivity index (χ0) is 14.6. The van der Waals surface area contributed by atoms with Crippen LogP contribution in [0.3, 0.4) is 0 Å². The van der Waals surface area contributed by atoms with Gasteiger partial charge in [0.2, 0.25) is 0 Å². The number of halogens is 1. The fourth-order valence-corrected chi connectivity index (χ4v) is 2.69. The maximum atomic E-state index is 12.0. The van der Waals surface area contributed by atoms with Crippen LogP contribution in [-0.4, -0.2) is 32.4 Å². The van der Waals surface area contributed by atoms with E-state index in [1.807, 2.05) is 18.2 Å². The highest BCUT2D eigenvalue weighted by molar-refractivity contribution is 5.85. The van der Waals surface area contributed by atoms with E-state index in [0.717, 1.165) is 23.3 Å². The second-order valence-corrected chi connectivity index (χ2v) is 4.96. The zero-order valence-electron chi connectivity index (χ0n) is 12.4. The summed E-state index contributed by atoms with van der Waals surface area (Å²) < 4.78 is 15.8. The molecule has 0 aliphatic carbocycles. The van der Waals surface area contributed by atoms with Gasteiger partial charge >= 0.3 is 5.97 Å². The van der Waals surface area contributed by atoms with Crippen molar-refractivity contribution in [1.82, 2.24) is 0 Å². The molecule has 0 radical (unpaired) electrons. The number of benzene rings is 1. The highest BCUT2D eigenvalue weighted by Gasteiger charge is 2.43. The molecule has 2 N–H and O–H groups in total. The molecule has 1 heterocycles. The van der Waals surface area contributed by atoms with Gasteiger partial charge in [-0.05, 0) is 24.5 Å². The molecule has 1 unspecified atom stereocenters. The fourth-order valence-electron chi connectivity index (χ4n) is 2.69. The van der Waals surface area contributed by atoms with Gasteiger partial charge in [0.25, 0.3) is 0 Å². The number of hydrogen-bond donors (Lipinski definition) is 1. The summed E-state index contributed by atoms with van der Waals surface area (Å²) in [5.74, 6) is 0.454. The van der Waals surface area contributed by atoms with E-state index in [1.54, 1.807) is 7.11 Å². The Morgan fingerprint density at radius 3 is 2.71 bits per heavy atom. The molecular weight excluding hydrogens is 294 g/mol. The van der Waals surface area contributed by atoms with E-state index in [9.17, 15) is 4.79 Å². The van der Waals surface area contributed by atoms with Gasteiger partial charge in [0.05, 0.1) is 14.2 Å². The van der Waals surface area contributed by atoms with E-state index >= 15 is 0 Å². The number of esters is 1. The molecule has 2 rings (SSSR count). The standard InChI is InChI=1S/C15H21NO4.ClH/c1-18-13-5-4-11(8-12(13)10-16)9-15(14(17)19-2)6-3-7-20-15;/h4-5,8H,3,6-7,9-10,16H2,1-2H3;1H. The Morgan fingerprint density at radius 2 is 2.19 bits per heavy atom. The summed E-state index contributed by atoms with van der Waals surface area (Å²) in [7, 11) is 3.01. The average Bonchev–Trinajstić information content (AvgIpc) is 2.95. The number of nitrogens with two attached hydrogens (primary N) is 1. The van der Waals surface area contributed by atoms with Crippen molar-refractivity contribution in [1.29, 1.82) is 0 Å². The van der Waals surface area contributed by atoms with Crippen LogP contribution >= 0.6 is 12.4 Å². The monoisotopic (exact) mass is 315 g/mol. The summed E-state index contributed by atoms with van der Waals surface area (Å²) in [5, 5.41) is 0. The molecule has 21 heavy (non-hydrogen) atoms. The number of carbonyl (C=O) groups is 1. The smallest absolute Gasteiger partial charge is 0.338 e. The van der Waals surface area contributed by atoms with E-state index < -0.39 is 5.60 Å². The first-order chi connectivity index (χ1) is 9.65. The highest BCUT2D eigenvalue weighted by Crippen LogP contribution is 2.32. The van der Waals surface area contributed by atoms with Gasteiger partial charge in [-0.1, -0.05) is 12.1 Å². The maximum absolute atomic E-state index is 12.0. The minimum absolute atomic E-state index is 0. The fraction of sp³-hybridized carbons (Fsp3) is 0.533. The third-order valence-corrected chi connectivity index (χ3v) is 3.72. The van der Waals surface area contributed by atoms with Gasteiger partial charge in [0.1, 0.15) is 5.75 Å². The Labute approximate surface area is 131 Å². The first-order valence-corrected chi connectivity index (χ1v) is 6.73. The van der Waals surface area contributed by atoms with Crippen LogP contribution in [0.1, 0.15) is 24.0 Å². The first kappa shape index (κ1) is 17.8. The van der Waals surface area contributed by atoms with Gasteiger partial charge in [-0.25, -0.2) is 4.79 Å². The van der Waals surface area contributed by atoms with Gasteiger partial charge in [0, 0.05) is 25.1 Å². The minimum atomic E-state index is -0.852. The molecule has 1 aromatic rings. The number of ether oxygens (including phenoxy) is 3. The summed E-state index contributed by atoms with van der Waals surface area (Å²) in [5.41, 5.74) is 6.79. The molecule has 1 atom stereocenters. The molecular formula is C15H22ClNO4. The SMILES string of the molecule is COC(=O)C1(Cc2ccc(OC)c(CN)c2)CCCO1.Cl. The topological polar surface area (TPSA) is 70.8 Å². The summed E-state index contributed by atoms with van der Waals surface area (Å²) in [6.45, 7) is 0.984. The lowest BCUT2D eigenvalue weighted by molar-refractivity contribution is -0.163. The molecule has 5 nitrogen and oxygen atoms in total. The lowest BCUT2D eigenvalue weighted by Crippen LogP contribution is -2.41. The lowest BCUT2D eigenvalue weighted by Gasteiger charge is -2.25. The van der Waals surface area contributed by atoms with Crippen LogP contribution in [-0.2, 0) is 27.2 Å². The molecule has 0 saturated carbocycles. The van der Waals surface area contributed by atoms with Crippen molar-refractivity contribution in [3.8, 4) is 5.75 Å². The van der Waals surface area contributed by atoms with Crippen LogP contribution in [0.5, 0.6) is 5.75 Å². The average molecular weight is 316 g/mol. The van der Waals surface area contributed by atoms with Crippen molar-refractivity contribution in [2.24, 2.45) is 5.73 Å². The van der Waals surface area contributed by atoms with Gasteiger partial charge < -0.3 is 19.9 Å². The number of hydrogen-bond acceptors (Lipinski definition) is 5. The predicted octanol–water partition coefficient (Wildman–Crippen LogP) is 1.84. The van der Waals surface area contributed by atoms with Crippen LogP contribution in [0.4, 0.5) is 0 Å². The molecule has 0 amide bonds. The van der Waals surface area contributed by atoms with Crippen molar-refractivity contribution in [2.45, 2.75) is 31.4 Å². The van der Waals surface area contributed by atoms with Crippen molar-refractivity contribution >= 4 is 18.4 Å². The van der Waals surface area contributed by atoms with Crippen LogP contribution in [0.25, 0.3) is 0 Å². The molecule has 1 saturated heterocycles. The molecule has 0 spiro atoms. The van der Waals surface area contributed by atoms with Crippen molar-refractivity contribution in [3.05, 3.63) is 29.3 Å². The van der Waals surface area contributed by atoms with Crippen LogP contribution in [0.2, 0.25) is 0 Å². The van der Waals surface area contributed by atoms with Crippen LogP contribution in [0.15, 0.2) is 18.2 Å². The zero-order valence-corrected chi connectivity index (χ0v) is 13.2. The third-order valence-electron chi connectivity index (χ3n) is 3.72. The Kier molecular flexibility index (Phi) is 6.45. The quantitative estimate of drug-likeness (QED) is 0.840. The summed E-state index contributed by atoms with van der Waals surface area (Å²) in [6.07, 6.45) is 2.05. The molecule has 0 bridgehead atoms. The van der Waals surface area contributed by atoms with E-state index in [1.165, 1.54) is 7.11 Å². The molecule has 1 aliphatic rings. The summed E-state index contributed by atoms with van der Waals surface area (Å²) in [4.78, 5) is 12.0. The minimum Gasteiger partial charge on any atom is -0.496 e. The second kappa shape index (κ2) is 7.64. The highest BCUT2D eigenvalue weighted by atomic mass is 35.5. The van der Waals surface area contributed by atoms with Crippen LogP contribution in [0, 0.1) is 0 Å². The van der Waals surface area contributed by atoms with Gasteiger partial charge in [-0.3, -0.25) is 0 Å². The Hall–Kier alpha value is -1.30. The molecule has 6 heteroatoms. The van der Waals surface area contributed by atoms with Gasteiger partial charge in [0.15, 0.2) is 5.60 Å². The predicted molar refractivity (Wildman–Crippen MR) is 81.8 cm³/mol. The largest absolute Gasteiger partial charge is 0.496 e. The van der Waals surface area contributed by atoms with Gasteiger partial charge in [-0.2, -0.15) is 0 Å². The number of methoxy groups -OCH3 is 2. The van der Waals surface area contributed by atoms with E-state index in [0.29, 0.717) is 26.0 Å². The maximum Gasteiger partial charge on any atom is 0.338 e.